The van der Waals surface area contributed by atoms with Crippen LogP contribution in [0.15, 0.2) is 35.5 Å². The van der Waals surface area contributed by atoms with E-state index in [9.17, 15) is 13.2 Å². The summed E-state index contributed by atoms with van der Waals surface area (Å²) < 4.78 is 25.8. The molecule has 0 bridgehead atoms. The quantitative estimate of drug-likeness (QED) is 0.570. The number of hydrogen-bond acceptors (Lipinski definition) is 6. The van der Waals surface area contributed by atoms with E-state index in [1.54, 1.807) is 0 Å². The van der Waals surface area contributed by atoms with Crippen LogP contribution < -0.4 is 0 Å². The maximum absolute atomic E-state index is 13.1. The summed E-state index contributed by atoms with van der Waals surface area (Å²) in [6, 6.07) is 10.1. The standard InChI is InChI=1S/C23H30N4O3S2/c28-21(26(18-11-12-18)20-13-14-32(29,30)16-20)15-31-23-24-22(17-7-3-1-4-8-17)27(25-23)19-9-5-2-6-10-19/h2,5-6,9-10,17-18,20H,1,3-4,7-8,11-16H2. The number of carbonyl (C=O) groups is 1. The fourth-order valence-electron chi connectivity index (χ4n) is 5.00. The molecule has 2 aliphatic carbocycles. The molecule has 32 heavy (non-hydrogen) atoms. The zero-order valence-corrected chi connectivity index (χ0v) is 19.9. The molecule has 2 heterocycles. The van der Waals surface area contributed by atoms with Gasteiger partial charge in [-0.25, -0.2) is 18.1 Å². The Balaban J connectivity index is 1.32. The maximum atomic E-state index is 13.1. The highest BCUT2D eigenvalue weighted by molar-refractivity contribution is 7.99. The molecule has 172 valence electrons. The highest BCUT2D eigenvalue weighted by Gasteiger charge is 2.42. The fourth-order valence-corrected chi connectivity index (χ4v) is 7.41. The van der Waals surface area contributed by atoms with Gasteiger partial charge >= 0.3 is 0 Å². The summed E-state index contributed by atoms with van der Waals surface area (Å²) in [5, 5.41) is 5.39. The predicted octanol–water partition coefficient (Wildman–Crippen LogP) is 3.59. The molecule has 0 radical (unpaired) electrons. The van der Waals surface area contributed by atoms with Crippen LogP contribution in [0, 0.1) is 0 Å². The highest BCUT2D eigenvalue weighted by atomic mass is 32.2. The van der Waals surface area contributed by atoms with Crippen molar-refractivity contribution in [2.75, 3.05) is 17.3 Å². The molecule has 5 rings (SSSR count). The van der Waals surface area contributed by atoms with Gasteiger partial charge in [-0.05, 0) is 44.2 Å². The summed E-state index contributed by atoms with van der Waals surface area (Å²) >= 11 is 1.37. The summed E-state index contributed by atoms with van der Waals surface area (Å²) in [5.41, 5.74) is 0.995. The topological polar surface area (TPSA) is 85.2 Å². The van der Waals surface area contributed by atoms with Gasteiger partial charge in [-0.2, -0.15) is 0 Å². The summed E-state index contributed by atoms with van der Waals surface area (Å²) in [5.74, 6) is 1.94. The minimum atomic E-state index is -3.02. The molecule has 1 amide bonds. The van der Waals surface area contributed by atoms with Gasteiger partial charge in [-0.3, -0.25) is 4.79 Å². The minimum Gasteiger partial charge on any atom is -0.335 e. The van der Waals surface area contributed by atoms with Crippen molar-refractivity contribution >= 4 is 27.5 Å². The lowest BCUT2D eigenvalue weighted by molar-refractivity contribution is -0.130. The number of thioether (sulfide) groups is 1. The van der Waals surface area contributed by atoms with Gasteiger partial charge in [0.15, 0.2) is 9.84 Å². The Labute approximate surface area is 193 Å². The Morgan fingerprint density at radius 2 is 1.78 bits per heavy atom. The number of rotatable bonds is 7. The largest absolute Gasteiger partial charge is 0.335 e. The van der Waals surface area contributed by atoms with Gasteiger partial charge in [0.1, 0.15) is 5.82 Å². The van der Waals surface area contributed by atoms with Crippen molar-refractivity contribution in [2.24, 2.45) is 0 Å². The summed E-state index contributed by atoms with van der Waals surface area (Å²) in [6.07, 6.45) is 8.46. The molecular weight excluding hydrogens is 444 g/mol. The molecule has 7 nitrogen and oxygen atoms in total. The molecule has 1 saturated heterocycles. The molecule has 1 aromatic carbocycles. The minimum absolute atomic E-state index is 0.00915. The molecule has 0 spiro atoms. The van der Waals surface area contributed by atoms with Crippen molar-refractivity contribution in [3.05, 3.63) is 36.2 Å². The Hall–Kier alpha value is -1.87. The smallest absolute Gasteiger partial charge is 0.233 e. The third-order valence-corrected chi connectivity index (χ3v) is 9.31. The lowest BCUT2D eigenvalue weighted by Gasteiger charge is -2.28. The van der Waals surface area contributed by atoms with Gasteiger partial charge in [0.05, 0.1) is 22.9 Å². The van der Waals surface area contributed by atoms with E-state index in [2.05, 4.69) is 0 Å². The Bertz CT molecular complexity index is 1060. The van der Waals surface area contributed by atoms with E-state index in [1.165, 1.54) is 31.0 Å². The van der Waals surface area contributed by atoms with Gasteiger partial charge in [0.25, 0.3) is 0 Å². The number of aromatic nitrogens is 3. The van der Waals surface area contributed by atoms with Crippen LogP contribution in [0.3, 0.4) is 0 Å². The summed E-state index contributed by atoms with van der Waals surface area (Å²) in [7, 11) is -3.02. The van der Waals surface area contributed by atoms with E-state index in [-0.39, 0.29) is 35.2 Å². The van der Waals surface area contributed by atoms with Gasteiger partial charge < -0.3 is 4.90 Å². The van der Waals surface area contributed by atoms with E-state index >= 15 is 0 Å². The molecule has 1 unspecified atom stereocenters. The van der Waals surface area contributed by atoms with Crippen molar-refractivity contribution in [1.29, 1.82) is 0 Å². The Morgan fingerprint density at radius 1 is 1.03 bits per heavy atom. The number of hydrogen-bond donors (Lipinski definition) is 0. The number of sulfone groups is 1. The second-order valence-electron chi connectivity index (χ2n) is 9.21. The average Bonchev–Trinajstić information content (AvgIpc) is 3.43. The second kappa shape index (κ2) is 9.17. The molecule has 3 fully saturated rings. The van der Waals surface area contributed by atoms with Crippen LogP contribution in [0.4, 0.5) is 0 Å². The zero-order chi connectivity index (χ0) is 22.1. The monoisotopic (exact) mass is 474 g/mol. The first-order chi connectivity index (χ1) is 15.5. The van der Waals surface area contributed by atoms with Crippen molar-refractivity contribution in [3.8, 4) is 5.69 Å². The molecule has 2 aromatic rings. The van der Waals surface area contributed by atoms with Crippen LogP contribution in [0.1, 0.15) is 63.1 Å². The van der Waals surface area contributed by atoms with Gasteiger partial charge in [-0.15, -0.1) is 5.10 Å². The van der Waals surface area contributed by atoms with Crippen molar-refractivity contribution in [1.82, 2.24) is 19.7 Å². The number of para-hydroxylation sites is 1. The van der Waals surface area contributed by atoms with E-state index in [1.807, 2.05) is 39.9 Å². The maximum Gasteiger partial charge on any atom is 0.233 e. The van der Waals surface area contributed by atoms with Crippen LogP contribution in [0.2, 0.25) is 0 Å². The van der Waals surface area contributed by atoms with E-state index in [0.717, 1.165) is 37.2 Å². The fraction of sp³-hybridized carbons (Fsp3) is 0.609. The summed E-state index contributed by atoms with van der Waals surface area (Å²) in [6.45, 7) is 0. The van der Waals surface area contributed by atoms with Crippen LogP contribution in [-0.2, 0) is 14.6 Å². The zero-order valence-electron chi connectivity index (χ0n) is 18.2. The lowest BCUT2D eigenvalue weighted by atomic mass is 9.88. The van der Waals surface area contributed by atoms with E-state index < -0.39 is 9.84 Å². The van der Waals surface area contributed by atoms with Gasteiger partial charge in [-0.1, -0.05) is 49.2 Å². The van der Waals surface area contributed by atoms with Gasteiger partial charge in [0.2, 0.25) is 11.1 Å². The molecule has 2 saturated carbocycles. The van der Waals surface area contributed by atoms with Crippen LogP contribution >= 0.6 is 11.8 Å². The first-order valence-electron chi connectivity index (χ1n) is 11.7. The number of nitrogens with zero attached hydrogens (tertiary/aromatic N) is 4. The molecule has 9 heteroatoms. The average molecular weight is 475 g/mol. The van der Waals surface area contributed by atoms with Crippen LogP contribution in [-0.4, -0.2) is 63.3 Å². The third-order valence-electron chi connectivity index (χ3n) is 6.74. The van der Waals surface area contributed by atoms with Crippen LogP contribution in [0.5, 0.6) is 0 Å². The number of benzene rings is 1. The van der Waals surface area contributed by atoms with Crippen molar-refractivity contribution in [2.45, 2.75) is 74.5 Å². The normalized spacial score (nSPS) is 23.3. The number of amides is 1. The Kier molecular flexibility index (Phi) is 6.29. The molecule has 1 aromatic heterocycles. The van der Waals surface area contributed by atoms with Crippen molar-refractivity contribution in [3.63, 3.8) is 0 Å². The first kappa shape index (κ1) is 21.9. The van der Waals surface area contributed by atoms with E-state index in [0.29, 0.717) is 17.5 Å². The predicted molar refractivity (Wildman–Crippen MR) is 125 cm³/mol. The number of carbonyl (C=O) groups excluding carboxylic acids is 1. The van der Waals surface area contributed by atoms with Crippen LogP contribution in [0.25, 0.3) is 5.69 Å². The van der Waals surface area contributed by atoms with E-state index in [4.69, 9.17) is 10.1 Å². The molecule has 0 N–H and O–H groups in total. The Morgan fingerprint density at radius 3 is 2.44 bits per heavy atom. The molecular formula is C23H30N4O3S2. The van der Waals surface area contributed by atoms with Gasteiger partial charge in [0, 0.05) is 18.0 Å². The van der Waals surface area contributed by atoms with Crippen molar-refractivity contribution < 1.29 is 13.2 Å². The molecule has 1 atom stereocenters. The lowest BCUT2D eigenvalue weighted by Crippen LogP contribution is -2.43. The third kappa shape index (κ3) is 4.88. The second-order valence-corrected chi connectivity index (χ2v) is 12.4. The molecule has 3 aliphatic rings. The highest BCUT2D eigenvalue weighted by Crippen LogP contribution is 2.35. The molecule has 1 aliphatic heterocycles. The summed E-state index contributed by atoms with van der Waals surface area (Å²) in [4.78, 5) is 19.8. The SMILES string of the molecule is O=C(CSc1nc(C2CCCCC2)n(-c2ccccc2)n1)N(C1CC1)C1CCS(=O)(=O)C1. The first-order valence-corrected chi connectivity index (χ1v) is 14.5.